The van der Waals surface area contributed by atoms with Crippen LogP contribution in [0.25, 0.3) is 0 Å². The van der Waals surface area contributed by atoms with E-state index in [0.717, 1.165) is 16.3 Å². The topological polar surface area (TPSA) is 67.2 Å². The maximum atomic E-state index is 12.8. The van der Waals surface area contributed by atoms with Gasteiger partial charge in [-0.3, -0.25) is 9.59 Å². The number of halogens is 3. The van der Waals surface area contributed by atoms with E-state index in [1.807, 2.05) is 13.0 Å². The summed E-state index contributed by atoms with van der Waals surface area (Å²) in [7, 11) is 0. The molecule has 1 aromatic heterocycles. The van der Waals surface area contributed by atoms with Crippen molar-refractivity contribution in [1.29, 1.82) is 0 Å². The molecule has 1 N–H and O–H groups in total. The molecule has 0 saturated carbocycles. The van der Waals surface area contributed by atoms with Crippen LogP contribution in [0.2, 0.25) is 0 Å². The summed E-state index contributed by atoms with van der Waals surface area (Å²) in [6.07, 6.45) is -3.72. The lowest BCUT2D eigenvalue weighted by Crippen LogP contribution is -2.44. The fraction of sp³-hybridized carbons (Fsp3) is 0.312. The molecule has 2 amide bonds. The van der Waals surface area contributed by atoms with Crippen molar-refractivity contribution in [2.75, 3.05) is 18.4 Å². The molecule has 1 aliphatic rings. The maximum Gasteiger partial charge on any atom is 0.449 e. The lowest BCUT2D eigenvalue weighted by atomic mass is 10.2. The number of aryl methyl sites for hydroxylation is 1. The summed E-state index contributed by atoms with van der Waals surface area (Å²) in [5.74, 6) is -2.16. The Balaban J connectivity index is 1.70. The Kier molecular flexibility index (Phi) is 4.23. The summed E-state index contributed by atoms with van der Waals surface area (Å²) in [5, 5.41) is 2.67. The highest BCUT2D eigenvalue weighted by atomic mass is 19.4. The van der Waals surface area contributed by atoms with Crippen LogP contribution in [0.1, 0.15) is 21.9 Å². The van der Waals surface area contributed by atoms with Crippen LogP contribution in [0.15, 0.2) is 30.5 Å². The number of anilines is 1. The Hall–Kier alpha value is -2.84. The van der Waals surface area contributed by atoms with Gasteiger partial charge in [0.15, 0.2) is 0 Å². The Morgan fingerprint density at radius 3 is 2.76 bits per heavy atom. The maximum absolute atomic E-state index is 12.8. The molecule has 2 heterocycles. The number of hydrogen-bond donors (Lipinski definition) is 1. The zero-order chi connectivity index (χ0) is 18.2. The van der Waals surface area contributed by atoms with Gasteiger partial charge in [-0.05, 0) is 24.6 Å². The summed E-state index contributed by atoms with van der Waals surface area (Å²) >= 11 is 0. The molecule has 1 aliphatic heterocycles. The van der Waals surface area contributed by atoms with Crippen molar-refractivity contribution < 1.29 is 22.8 Å². The largest absolute Gasteiger partial charge is 0.449 e. The zero-order valence-corrected chi connectivity index (χ0v) is 13.3. The normalized spacial score (nSPS) is 14.4. The molecule has 25 heavy (non-hydrogen) atoms. The predicted molar refractivity (Wildman–Crippen MR) is 82.9 cm³/mol. The quantitative estimate of drug-likeness (QED) is 0.922. The average molecular weight is 352 g/mol. The van der Waals surface area contributed by atoms with Crippen molar-refractivity contribution in [3.8, 4) is 0 Å². The minimum atomic E-state index is -4.62. The van der Waals surface area contributed by atoms with Crippen LogP contribution in [-0.4, -0.2) is 39.4 Å². The van der Waals surface area contributed by atoms with Gasteiger partial charge in [0.05, 0.1) is 6.20 Å². The average Bonchev–Trinajstić information content (AvgIpc) is 2.95. The lowest BCUT2D eigenvalue weighted by Gasteiger charge is -2.28. The smallest absolute Gasteiger partial charge is 0.326 e. The summed E-state index contributed by atoms with van der Waals surface area (Å²) in [6, 6.07) is 7.16. The van der Waals surface area contributed by atoms with E-state index in [2.05, 4.69) is 10.3 Å². The van der Waals surface area contributed by atoms with Gasteiger partial charge < -0.3 is 14.8 Å². The molecule has 9 heteroatoms. The predicted octanol–water partition coefficient (Wildman–Crippen LogP) is 2.30. The molecular weight excluding hydrogens is 337 g/mol. The Morgan fingerprint density at radius 2 is 2.08 bits per heavy atom. The van der Waals surface area contributed by atoms with Crippen molar-refractivity contribution in [3.05, 3.63) is 47.5 Å². The molecule has 0 unspecified atom stereocenters. The van der Waals surface area contributed by atoms with E-state index in [9.17, 15) is 22.8 Å². The van der Waals surface area contributed by atoms with Crippen molar-refractivity contribution in [1.82, 2.24) is 14.5 Å². The van der Waals surface area contributed by atoms with E-state index >= 15 is 0 Å². The third kappa shape index (κ3) is 3.49. The number of hydrogen-bond acceptors (Lipinski definition) is 3. The van der Waals surface area contributed by atoms with Crippen LogP contribution in [-0.2, 0) is 17.5 Å². The number of nitrogens with one attached hydrogen (secondary N) is 1. The highest BCUT2D eigenvalue weighted by Crippen LogP contribution is 2.30. The number of fused-ring (bicyclic) bond motifs is 1. The van der Waals surface area contributed by atoms with Crippen LogP contribution in [0.3, 0.4) is 0 Å². The van der Waals surface area contributed by atoms with Crippen molar-refractivity contribution in [3.63, 3.8) is 0 Å². The minimum Gasteiger partial charge on any atom is -0.326 e. The van der Waals surface area contributed by atoms with Gasteiger partial charge in [0.2, 0.25) is 11.7 Å². The summed E-state index contributed by atoms with van der Waals surface area (Å²) in [5.41, 5.74) is 1.40. The standard InChI is InChI=1S/C16H15F3N4O2/c1-10-3-2-4-11(7-10)21-13(24)9-22-5-6-23-12(14(22)25)8-20-15(23)16(17,18)19/h2-4,7-8H,5-6,9H2,1H3,(H,21,24). The molecule has 3 rings (SSSR count). The third-order valence-corrected chi connectivity index (χ3v) is 3.85. The van der Waals surface area contributed by atoms with Gasteiger partial charge in [-0.1, -0.05) is 12.1 Å². The van der Waals surface area contributed by atoms with E-state index in [1.165, 1.54) is 4.90 Å². The van der Waals surface area contributed by atoms with Crippen LogP contribution in [0, 0.1) is 6.92 Å². The molecule has 2 aromatic rings. The van der Waals surface area contributed by atoms with E-state index in [0.29, 0.717) is 5.69 Å². The van der Waals surface area contributed by atoms with Gasteiger partial charge in [-0.2, -0.15) is 13.2 Å². The number of alkyl halides is 3. The van der Waals surface area contributed by atoms with Crippen molar-refractivity contribution in [2.45, 2.75) is 19.6 Å². The van der Waals surface area contributed by atoms with Crippen LogP contribution in [0.4, 0.5) is 18.9 Å². The number of nitrogens with zero attached hydrogens (tertiary/aromatic N) is 3. The highest BCUT2D eigenvalue weighted by molar-refractivity contribution is 5.99. The SMILES string of the molecule is Cc1cccc(NC(=O)CN2CCn3c(cnc3C(F)(F)F)C2=O)c1. The number of amides is 2. The number of carbonyl (C=O) groups is 2. The molecule has 132 valence electrons. The first-order valence-corrected chi connectivity index (χ1v) is 7.54. The van der Waals surface area contributed by atoms with Gasteiger partial charge in [0.1, 0.15) is 12.2 Å². The molecule has 0 bridgehead atoms. The molecule has 1 aromatic carbocycles. The summed E-state index contributed by atoms with van der Waals surface area (Å²) in [6.45, 7) is 1.59. The van der Waals surface area contributed by atoms with E-state index < -0.39 is 23.8 Å². The van der Waals surface area contributed by atoms with Gasteiger partial charge in [0.25, 0.3) is 5.91 Å². The highest BCUT2D eigenvalue weighted by Gasteiger charge is 2.40. The number of carbonyl (C=O) groups excluding carboxylic acids is 2. The number of benzene rings is 1. The first kappa shape index (κ1) is 17.0. The van der Waals surface area contributed by atoms with Gasteiger partial charge in [-0.15, -0.1) is 0 Å². The van der Waals surface area contributed by atoms with Gasteiger partial charge >= 0.3 is 6.18 Å². The second-order valence-electron chi connectivity index (χ2n) is 5.76. The second-order valence-corrected chi connectivity index (χ2v) is 5.76. The lowest BCUT2D eigenvalue weighted by molar-refractivity contribution is -0.147. The minimum absolute atomic E-state index is 0.00646. The van der Waals surface area contributed by atoms with Crippen molar-refractivity contribution in [2.24, 2.45) is 0 Å². The number of imidazole rings is 1. The third-order valence-electron chi connectivity index (χ3n) is 3.85. The van der Waals surface area contributed by atoms with Crippen LogP contribution >= 0.6 is 0 Å². The molecule has 6 nitrogen and oxygen atoms in total. The molecule has 0 spiro atoms. The molecule has 0 atom stereocenters. The number of rotatable bonds is 3. The number of aromatic nitrogens is 2. The Morgan fingerprint density at radius 1 is 1.32 bits per heavy atom. The Labute approximate surface area is 141 Å². The van der Waals surface area contributed by atoms with Gasteiger partial charge in [-0.25, -0.2) is 4.98 Å². The summed E-state index contributed by atoms with van der Waals surface area (Å²) < 4.78 is 39.4. The second kappa shape index (κ2) is 6.23. The van der Waals surface area contributed by atoms with Crippen molar-refractivity contribution >= 4 is 17.5 Å². The molecule has 0 radical (unpaired) electrons. The zero-order valence-electron chi connectivity index (χ0n) is 13.3. The van der Waals surface area contributed by atoms with Crippen LogP contribution < -0.4 is 5.32 Å². The summed E-state index contributed by atoms with van der Waals surface area (Å²) in [4.78, 5) is 28.9. The monoisotopic (exact) mass is 352 g/mol. The molecule has 0 saturated heterocycles. The Bertz CT molecular complexity index is 829. The van der Waals surface area contributed by atoms with E-state index in [-0.39, 0.29) is 25.3 Å². The molecule has 0 aliphatic carbocycles. The first-order chi connectivity index (χ1) is 11.8. The fourth-order valence-corrected chi connectivity index (χ4v) is 2.73. The molecule has 0 fully saturated rings. The molecular formula is C16H15F3N4O2. The van der Waals surface area contributed by atoms with Gasteiger partial charge in [0, 0.05) is 18.8 Å². The fourth-order valence-electron chi connectivity index (χ4n) is 2.73. The van der Waals surface area contributed by atoms with E-state index in [1.54, 1.807) is 18.2 Å². The van der Waals surface area contributed by atoms with Crippen LogP contribution in [0.5, 0.6) is 0 Å². The van der Waals surface area contributed by atoms with E-state index in [4.69, 9.17) is 0 Å². The first-order valence-electron chi connectivity index (χ1n) is 7.54.